The molecular weight excluding hydrogens is 422 g/mol. The zero-order valence-electron chi connectivity index (χ0n) is 17.7. The monoisotopic (exact) mass is 446 g/mol. The lowest BCUT2D eigenvalue weighted by Crippen LogP contribution is -2.52. The van der Waals surface area contributed by atoms with Crippen molar-refractivity contribution in [3.8, 4) is 11.5 Å². The Kier molecular flexibility index (Phi) is 6.16. The molecule has 0 saturated carbocycles. The lowest BCUT2D eigenvalue weighted by molar-refractivity contribution is -0.158. The highest BCUT2D eigenvalue weighted by Gasteiger charge is 2.45. The Morgan fingerprint density at radius 1 is 1.16 bits per heavy atom. The average Bonchev–Trinajstić information content (AvgIpc) is 3.24. The molecule has 170 valence electrons. The van der Waals surface area contributed by atoms with E-state index in [4.69, 9.17) is 14.2 Å². The third-order valence-corrected chi connectivity index (χ3v) is 5.74. The number of ether oxygens (including phenoxy) is 3. The number of piperidine rings is 1. The highest BCUT2D eigenvalue weighted by atomic mass is 19.1. The van der Waals surface area contributed by atoms with Crippen LogP contribution >= 0.6 is 0 Å². The van der Waals surface area contributed by atoms with Gasteiger partial charge in [-0.25, -0.2) is 13.6 Å². The Hall–Kier alpha value is -3.36. The van der Waals surface area contributed by atoms with Gasteiger partial charge in [0, 0.05) is 30.9 Å². The molecule has 2 amide bonds. The molecule has 2 aromatic carbocycles. The molecule has 0 unspecified atom stereocenters. The second-order valence-electron chi connectivity index (χ2n) is 7.94. The molecule has 1 fully saturated rings. The molecule has 2 aliphatic rings. The summed E-state index contributed by atoms with van der Waals surface area (Å²) in [4.78, 5) is 27.4. The number of anilines is 1. The molecule has 9 heteroatoms. The fourth-order valence-electron chi connectivity index (χ4n) is 4.18. The Balaban J connectivity index is 1.54. The van der Waals surface area contributed by atoms with Gasteiger partial charge in [0.2, 0.25) is 6.79 Å². The van der Waals surface area contributed by atoms with E-state index in [1.807, 2.05) is 0 Å². The van der Waals surface area contributed by atoms with Gasteiger partial charge in [-0.15, -0.1) is 0 Å². The van der Waals surface area contributed by atoms with E-state index in [0.717, 1.165) is 12.1 Å². The van der Waals surface area contributed by atoms with Crippen LogP contribution in [0.4, 0.5) is 19.3 Å². The zero-order valence-corrected chi connectivity index (χ0v) is 17.7. The van der Waals surface area contributed by atoms with Gasteiger partial charge < -0.3 is 24.4 Å². The number of halogens is 2. The normalized spacial score (nSPS) is 19.5. The van der Waals surface area contributed by atoms with Gasteiger partial charge in [-0.2, -0.15) is 0 Å². The molecule has 1 atom stereocenters. The number of rotatable bonds is 5. The van der Waals surface area contributed by atoms with Crippen LogP contribution in [0.2, 0.25) is 0 Å². The molecule has 32 heavy (non-hydrogen) atoms. The summed E-state index contributed by atoms with van der Waals surface area (Å²) in [5, 5.41) is 2.81. The van der Waals surface area contributed by atoms with Crippen LogP contribution < -0.4 is 14.8 Å². The van der Waals surface area contributed by atoms with E-state index in [0.29, 0.717) is 36.6 Å². The maximum absolute atomic E-state index is 14.4. The molecule has 2 aromatic rings. The number of hydrogen-bond donors (Lipinski definition) is 1. The van der Waals surface area contributed by atoms with Gasteiger partial charge in [0.05, 0.1) is 12.0 Å². The van der Waals surface area contributed by atoms with Crippen LogP contribution in [-0.4, -0.2) is 43.4 Å². The number of benzene rings is 2. The van der Waals surface area contributed by atoms with Gasteiger partial charge in [0.25, 0.3) is 0 Å². The standard InChI is InChI=1S/C23H24F2N2O5/c1-2-30-21(28)23(12-15-4-5-16(24)10-18(15)25)8-3-9-27(13-23)22(29)26-17-6-7-19-20(11-17)32-14-31-19/h4-7,10-11H,2-3,8-9,12-14H2,1H3,(H,26,29)/t23-/m0/s1. The van der Waals surface area contributed by atoms with Crippen molar-refractivity contribution in [2.75, 3.05) is 31.8 Å². The van der Waals surface area contributed by atoms with Gasteiger partial charge >= 0.3 is 12.0 Å². The SMILES string of the molecule is CCOC(=O)[C@]1(Cc2ccc(F)cc2F)CCCN(C(=O)Nc2ccc3c(c2)OCO3)C1. The maximum Gasteiger partial charge on any atom is 0.321 e. The second kappa shape index (κ2) is 9.02. The van der Waals surface area contributed by atoms with Gasteiger partial charge in [-0.1, -0.05) is 6.07 Å². The number of nitrogens with one attached hydrogen (secondary N) is 1. The lowest BCUT2D eigenvalue weighted by Gasteiger charge is -2.41. The molecule has 0 aromatic heterocycles. The first-order valence-corrected chi connectivity index (χ1v) is 10.5. The molecule has 0 radical (unpaired) electrons. The van der Waals surface area contributed by atoms with E-state index in [2.05, 4.69) is 5.32 Å². The summed E-state index contributed by atoms with van der Waals surface area (Å²) in [5.74, 6) is -0.776. The summed E-state index contributed by atoms with van der Waals surface area (Å²) < 4.78 is 43.6. The van der Waals surface area contributed by atoms with Crippen LogP contribution in [0.5, 0.6) is 11.5 Å². The zero-order chi connectivity index (χ0) is 22.7. The minimum absolute atomic E-state index is 0.00571. The number of fused-ring (bicyclic) bond motifs is 1. The first-order chi connectivity index (χ1) is 15.4. The summed E-state index contributed by atoms with van der Waals surface area (Å²) in [6.07, 6.45) is 0.971. The number of urea groups is 1. The van der Waals surface area contributed by atoms with E-state index >= 15 is 0 Å². The first-order valence-electron chi connectivity index (χ1n) is 10.5. The summed E-state index contributed by atoms with van der Waals surface area (Å²) in [6.45, 7) is 2.47. The van der Waals surface area contributed by atoms with Gasteiger partial charge in [-0.05, 0) is 49.9 Å². The molecule has 2 heterocycles. The Bertz CT molecular complexity index is 1030. The van der Waals surface area contributed by atoms with Crippen molar-refractivity contribution in [2.45, 2.75) is 26.2 Å². The van der Waals surface area contributed by atoms with Crippen molar-refractivity contribution in [3.63, 3.8) is 0 Å². The lowest BCUT2D eigenvalue weighted by atomic mass is 9.75. The van der Waals surface area contributed by atoms with Crippen molar-refractivity contribution in [2.24, 2.45) is 5.41 Å². The Morgan fingerprint density at radius 2 is 1.97 bits per heavy atom. The van der Waals surface area contributed by atoms with Gasteiger partial charge in [0.15, 0.2) is 11.5 Å². The number of carbonyl (C=O) groups excluding carboxylic acids is 2. The fourth-order valence-corrected chi connectivity index (χ4v) is 4.18. The predicted molar refractivity (Wildman–Crippen MR) is 112 cm³/mol. The highest BCUT2D eigenvalue weighted by Crippen LogP contribution is 2.37. The molecule has 0 bridgehead atoms. The molecule has 4 rings (SSSR count). The molecule has 1 saturated heterocycles. The number of nitrogens with zero attached hydrogens (tertiary/aromatic N) is 1. The molecule has 7 nitrogen and oxygen atoms in total. The van der Waals surface area contributed by atoms with Crippen molar-refractivity contribution in [1.29, 1.82) is 0 Å². The predicted octanol–water partition coefficient (Wildman–Crippen LogP) is 4.11. The van der Waals surface area contributed by atoms with Crippen molar-refractivity contribution in [3.05, 3.63) is 53.6 Å². The quantitative estimate of drug-likeness (QED) is 0.700. The molecular formula is C23H24F2N2O5. The number of amides is 2. The van der Waals surface area contributed by atoms with Crippen LogP contribution in [0.25, 0.3) is 0 Å². The number of esters is 1. The van der Waals surface area contributed by atoms with Crippen molar-refractivity contribution < 1.29 is 32.6 Å². The summed E-state index contributed by atoms with van der Waals surface area (Å²) in [7, 11) is 0. The van der Waals surface area contributed by atoms with Crippen LogP contribution in [0.3, 0.4) is 0 Å². The first kappa shape index (κ1) is 21.9. The number of likely N-dealkylation sites (tertiary alicyclic amines) is 1. The van der Waals surface area contributed by atoms with E-state index in [1.165, 1.54) is 11.0 Å². The van der Waals surface area contributed by atoms with Crippen molar-refractivity contribution in [1.82, 2.24) is 4.90 Å². The van der Waals surface area contributed by atoms with Crippen LogP contribution in [0, 0.1) is 17.0 Å². The fraction of sp³-hybridized carbons (Fsp3) is 0.391. The molecule has 1 N–H and O–H groups in total. The Labute approximate surface area is 184 Å². The van der Waals surface area contributed by atoms with Crippen LogP contribution in [-0.2, 0) is 16.0 Å². The average molecular weight is 446 g/mol. The van der Waals surface area contributed by atoms with E-state index in [9.17, 15) is 18.4 Å². The molecule has 0 spiro atoms. The smallest absolute Gasteiger partial charge is 0.321 e. The molecule has 2 aliphatic heterocycles. The van der Waals surface area contributed by atoms with E-state index in [1.54, 1.807) is 25.1 Å². The number of carbonyl (C=O) groups is 2. The third kappa shape index (κ3) is 4.46. The summed E-state index contributed by atoms with van der Waals surface area (Å²) in [5.41, 5.74) is -0.396. The van der Waals surface area contributed by atoms with Crippen LogP contribution in [0.15, 0.2) is 36.4 Å². The van der Waals surface area contributed by atoms with Crippen molar-refractivity contribution >= 4 is 17.7 Å². The maximum atomic E-state index is 14.4. The van der Waals surface area contributed by atoms with E-state index < -0.39 is 29.0 Å². The third-order valence-electron chi connectivity index (χ3n) is 5.74. The highest BCUT2D eigenvalue weighted by molar-refractivity contribution is 5.90. The minimum atomic E-state index is -1.13. The van der Waals surface area contributed by atoms with Gasteiger partial charge in [-0.3, -0.25) is 4.79 Å². The topological polar surface area (TPSA) is 77.1 Å². The minimum Gasteiger partial charge on any atom is -0.466 e. The summed E-state index contributed by atoms with van der Waals surface area (Å²) in [6, 6.07) is 7.95. The Morgan fingerprint density at radius 3 is 2.75 bits per heavy atom. The molecule has 0 aliphatic carbocycles. The largest absolute Gasteiger partial charge is 0.466 e. The van der Waals surface area contributed by atoms with E-state index in [-0.39, 0.29) is 31.9 Å². The van der Waals surface area contributed by atoms with Crippen LogP contribution in [0.1, 0.15) is 25.3 Å². The second-order valence-corrected chi connectivity index (χ2v) is 7.94. The number of hydrogen-bond acceptors (Lipinski definition) is 5. The summed E-state index contributed by atoms with van der Waals surface area (Å²) >= 11 is 0. The van der Waals surface area contributed by atoms with Gasteiger partial charge in [0.1, 0.15) is 11.6 Å².